The van der Waals surface area contributed by atoms with Crippen LogP contribution in [0.15, 0.2) is 36.0 Å². The van der Waals surface area contributed by atoms with E-state index in [0.717, 1.165) is 35.2 Å². The molecule has 0 amide bonds. The Hall–Kier alpha value is -1.20. The van der Waals surface area contributed by atoms with Crippen molar-refractivity contribution in [3.05, 3.63) is 47.2 Å². The van der Waals surface area contributed by atoms with Crippen molar-refractivity contribution < 1.29 is 9.47 Å². The lowest BCUT2D eigenvalue weighted by Crippen LogP contribution is -2.43. The molecule has 0 fully saturated rings. The van der Waals surface area contributed by atoms with Gasteiger partial charge in [0.2, 0.25) is 5.79 Å². The van der Waals surface area contributed by atoms with Crippen molar-refractivity contribution in [2.75, 3.05) is 18.9 Å². The first-order valence-electron chi connectivity index (χ1n) is 8.78. The van der Waals surface area contributed by atoms with Gasteiger partial charge in [0.05, 0.1) is 18.9 Å². The Morgan fingerprint density at radius 3 is 2.12 bits per heavy atom. The van der Waals surface area contributed by atoms with Crippen LogP contribution in [0.1, 0.15) is 44.7 Å². The van der Waals surface area contributed by atoms with E-state index >= 15 is 0 Å². The number of halogens is 2. The third kappa shape index (κ3) is 5.40. The summed E-state index contributed by atoms with van der Waals surface area (Å²) in [7, 11) is 0. The van der Waals surface area contributed by atoms with Crippen LogP contribution in [0.2, 0.25) is 0 Å². The first kappa shape index (κ1) is 24.8. The zero-order chi connectivity index (χ0) is 17.7. The molecule has 6 heteroatoms. The minimum atomic E-state index is -0.971. The number of anilines is 1. The van der Waals surface area contributed by atoms with Crippen molar-refractivity contribution >= 4 is 36.1 Å². The Balaban J connectivity index is 0.00000312. The van der Waals surface area contributed by atoms with E-state index in [9.17, 15) is 0 Å². The van der Waals surface area contributed by atoms with E-state index in [-0.39, 0.29) is 30.7 Å². The second kappa shape index (κ2) is 10.8. The Kier molecular flexibility index (Phi) is 10.3. The Labute approximate surface area is 169 Å². The van der Waals surface area contributed by atoms with Crippen LogP contribution in [0.5, 0.6) is 0 Å². The zero-order valence-corrected chi connectivity index (χ0v) is 17.7. The molecule has 2 rings (SSSR count). The Morgan fingerprint density at radius 1 is 1.04 bits per heavy atom. The molecule has 1 unspecified atom stereocenters. The van der Waals surface area contributed by atoms with E-state index < -0.39 is 5.79 Å². The lowest BCUT2D eigenvalue weighted by atomic mass is 9.84. The van der Waals surface area contributed by atoms with Crippen molar-refractivity contribution in [1.82, 2.24) is 0 Å². The number of allylic oxidation sites excluding steroid dienone is 2. The number of hydrogen-bond acceptors (Lipinski definition) is 4. The maximum Gasteiger partial charge on any atom is 0.230 e. The van der Waals surface area contributed by atoms with Crippen LogP contribution in [0.4, 0.5) is 5.69 Å². The fourth-order valence-corrected chi connectivity index (χ4v) is 3.03. The predicted molar refractivity (Wildman–Crippen MR) is 115 cm³/mol. The van der Waals surface area contributed by atoms with Gasteiger partial charge in [0.15, 0.2) is 0 Å². The third-order valence-corrected chi connectivity index (χ3v) is 4.27. The first-order chi connectivity index (χ1) is 11.4. The molecule has 148 valence electrons. The monoisotopic (exact) mass is 402 g/mol. The summed E-state index contributed by atoms with van der Waals surface area (Å²) in [4.78, 5) is 0. The summed E-state index contributed by atoms with van der Waals surface area (Å²) in [6, 6.07) is 5.98. The molecule has 1 atom stereocenters. The van der Waals surface area contributed by atoms with Gasteiger partial charge in [0.25, 0.3) is 0 Å². The summed E-state index contributed by atoms with van der Waals surface area (Å²) in [5.41, 5.74) is 17.1. The molecule has 1 aliphatic rings. The third-order valence-electron chi connectivity index (χ3n) is 4.27. The van der Waals surface area contributed by atoms with Gasteiger partial charge < -0.3 is 20.9 Å². The molecule has 1 aromatic rings. The normalized spacial score (nSPS) is 18.2. The minimum absolute atomic E-state index is 0. The average Bonchev–Trinajstić information content (AvgIpc) is 2.54. The van der Waals surface area contributed by atoms with Gasteiger partial charge in [0.1, 0.15) is 0 Å². The molecule has 26 heavy (non-hydrogen) atoms. The largest absolute Gasteiger partial charge is 0.399 e. The molecule has 0 radical (unpaired) electrons. The molecule has 0 aromatic heterocycles. The average molecular weight is 403 g/mol. The molecule has 0 aliphatic heterocycles. The van der Waals surface area contributed by atoms with Crippen LogP contribution in [-0.2, 0) is 9.47 Å². The SMILES string of the molecule is CCCOC1(OCCC)C=C(c2ccc(N)cc2C)C(C)C=C1N.Cl.Cl. The van der Waals surface area contributed by atoms with Gasteiger partial charge in [-0.2, -0.15) is 0 Å². The maximum atomic E-state index is 6.33. The molecular formula is C20H32Cl2N2O2. The highest BCUT2D eigenvalue weighted by molar-refractivity contribution is 5.85. The standard InChI is InChI=1S/C20H30N2O2.2ClH/c1-5-9-23-20(24-10-6-2)13-18(15(4)12-19(20)22)17-8-7-16(21)11-14(17)3;;/h7-8,11-13,15H,5-6,9-10,21-22H2,1-4H3;2*1H. The van der Waals surface area contributed by atoms with Crippen LogP contribution < -0.4 is 11.5 Å². The van der Waals surface area contributed by atoms with Gasteiger partial charge in [-0.15, -0.1) is 24.8 Å². The number of ether oxygens (including phenoxy) is 2. The number of rotatable bonds is 7. The quantitative estimate of drug-likeness (QED) is 0.505. The molecule has 1 aliphatic carbocycles. The van der Waals surface area contributed by atoms with E-state index in [1.807, 2.05) is 18.2 Å². The van der Waals surface area contributed by atoms with Crippen molar-refractivity contribution in [2.45, 2.75) is 46.3 Å². The Morgan fingerprint density at radius 2 is 1.62 bits per heavy atom. The molecule has 0 heterocycles. The summed E-state index contributed by atoms with van der Waals surface area (Å²) < 4.78 is 12.2. The first-order valence-corrected chi connectivity index (χ1v) is 8.78. The summed E-state index contributed by atoms with van der Waals surface area (Å²) in [5, 5.41) is 0. The topological polar surface area (TPSA) is 70.5 Å². The van der Waals surface area contributed by atoms with Gasteiger partial charge in [-0.25, -0.2) is 0 Å². The molecule has 0 bridgehead atoms. The lowest BCUT2D eigenvalue weighted by molar-refractivity contribution is -0.180. The van der Waals surface area contributed by atoms with E-state index in [1.54, 1.807) is 0 Å². The van der Waals surface area contributed by atoms with Gasteiger partial charge >= 0.3 is 0 Å². The molecule has 0 spiro atoms. The minimum Gasteiger partial charge on any atom is -0.399 e. The number of aryl methyl sites for hydroxylation is 1. The maximum absolute atomic E-state index is 6.33. The highest BCUT2D eigenvalue weighted by atomic mass is 35.5. The van der Waals surface area contributed by atoms with Gasteiger partial charge in [-0.3, -0.25) is 0 Å². The van der Waals surface area contributed by atoms with Crippen molar-refractivity contribution in [2.24, 2.45) is 11.7 Å². The zero-order valence-electron chi connectivity index (χ0n) is 16.1. The number of hydrogen-bond donors (Lipinski definition) is 2. The van der Waals surface area contributed by atoms with Crippen LogP contribution >= 0.6 is 24.8 Å². The summed E-state index contributed by atoms with van der Waals surface area (Å²) in [5.74, 6) is -0.780. The van der Waals surface area contributed by atoms with E-state index in [2.05, 4.69) is 39.8 Å². The highest BCUT2D eigenvalue weighted by Gasteiger charge is 2.37. The van der Waals surface area contributed by atoms with Crippen LogP contribution in [0.3, 0.4) is 0 Å². The molecule has 1 aromatic carbocycles. The van der Waals surface area contributed by atoms with Crippen molar-refractivity contribution in [3.63, 3.8) is 0 Å². The molecule has 0 saturated heterocycles. The van der Waals surface area contributed by atoms with E-state index in [0.29, 0.717) is 18.9 Å². The second-order valence-electron chi connectivity index (χ2n) is 6.45. The second-order valence-corrected chi connectivity index (χ2v) is 6.45. The molecule has 4 N–H and O–H groups in total. The van der Waals surface area contributed by atoms with Crippen LogP contribution in [0, 0.1) is 12.8 Å². The predicted octanol–water partition coefficient (Wildman–Crippen LogP) is 4.85. The fourth-order valence-electron chi connectivity index (χ4n) is 3.03. The van der Waals surface area contributed by atoms with Crippen LogP contribution in [-0.4, -0.2) is 19.0 Å². The molecular weight excluding hydrogens is 371 g/mol. The van der Waals surface area contributed by atoms with Gasteiger partial charge in [-0.1, -0.05) is 32.9 Å². The smallest absolute Gasteiger partial charge is 0.230 e. The summed E-state index contributed by atoms with van der Waals surface area (Å²) >= 11 is 0. The number of nitrogens with two attached hydrogens (primary N) is 2. The number of benzene rings is 1. The van der Waals surface area contributed by atoms with Gasteiger partial charge in [-0.05, 0) is 54.7 Å². The summed E-state index contributed by atoms with van der Waals surface area (Å²) in [6.07, 6.45) is 5.90. The van der Waals surface area contributed by atoms with Crippen molar-refractivity contribution in [1.29, 1.82) is 0 Å². The van der Waals surface area contributed by atoms with E-state index in [1.165, 1.54) is 0 Å². The number of nitrogen functional groups attached to an aromatic ring is 1. The lowest BCUT2D eigenvalue weighted by Gasteiger charge is -2.37. The fraction of sp³-hybridized carbons (Fsp3) is 0.500. The highest BCUT2D eigenvalue weighted by Crippen LogP contribution is 2.38. The molecule has 0 saturated carbocycles. The van der Waals surface area contributed by atoms with Gasteiger partial charge in [0, 0.05) is 11.6 Å². The Bertz CT molecular complexity index is 637. The molecule has 4 nitrogen and oxygen atoms in total. The van der Waals surface area contributed by atoms with E-state index in [4.69, 9.17) is 20.9 Å². The van der Waals surface area contributed by atoms with Crippen molar-refractivity contribution in [3.8, 4) is 0 Å². The summed E-state index contributed by atoms with van der Waals surface area (Å²) in [6.45, 7) is 9.55. The van der Waals surface area contributed by atoms with Crippen LogP contribution in [0.25, 0.3) is 5.57 Å².